The van der Waals surface area contributed by atoms with E-state index in [9.17, 15) is 0 Å². The first-order valence-electron chi connectivity index (χ1n) is 5.89. The fraction of sp³-hybridized carbons (Fsp3) is 0.0714. The first-order valence-corrected chi connectivity index (χ1v) is 6.97. The highest BCUT2D eigenvalue weighted by Gasteiger charge is 2.01. The summed E-state index contributed by atoms with van der Waals surface area (Å²) in [4.78, 5) is 0. The number of nitrogens with one attached hydrogen (secondary N) is 1. The number of hydrogen-bond donors (Lipinski definition) is 1. The zero-order chi connectivity index (χ0) is 13.1. The van der Waals surface area contributed by atoms with Gasteiger partial charge in [0.1, 0.15) is 5.76 Å². The molecule has 0 saturated carbocycles. The summed E-state index contributed by atoms with van der Waals surface area (Å²) in [6.07, 6.45) is 3.69. The number of halogens is 1. The monoisotopic (exact) mass is 365 g/mol. The molecule has 0 spiro atoms. The van der Waals surface area contributed by atoms with Crippen molar-refractivity contribution in [3.8, 4) is 5.69 Å². The molecule has 0 atom stereocenters. The first-order chi connectivity index (χ1) is 9.31. The summed E-state index contributed by atoms with van der Waals surface area (Å²) in [5.41, 5.74) is 2.07. The minimum absolute atomic E-state index is 0.672. The summed E-state index contributed by atoms with van der Waals surface area (Å²) in [6, 6.07) is 14.0. The summed E-state index contributed by atoms with van der Waals surface area (Å²) >= 11 is 2.16. The third kappa shape index (κ3) is 2.98. The van der Waals surface area contributed by atoms with Crippen LogP contribution >= 0.6 is 22.6 Å². The minimum atomic E-state index is 0.672. The lowest BCUT2D eigenvalue weighted by Gasteiger charge is -2.07. The molecule has 0 aliphatic rings. The Kier molecular flexibility index (Phi) is 3.54. The van der Waals surface area contributed by atoms with Gasteiger partial charge in [-0.15, -0.1) is 0 Å². The van der Waals surface area contributed by atoms with Gasteiger partial charge < -0.3 is 9.73 Å². The van der Waals surface area contributed by atoms with E-state index >= 15 is 0 Å². The molecule has 0 amide bonds. The molecule has 0 aliphatic carbocycles. The van der Waals surface area contributed by atoms with Gasteiger partial charge in [0.05, 0.1) is 12.2 Å². The molecule has 5 heteroatoms. The molecule has 19 heavy (non-hydrogen) atoms. The fourth-order valence-corrected chi connectivity index (χ4v) is 2.28. The maximum Gasteiger partial charge on any atom is 0.164 e. The summed E-state index contributed by atoms with van der Waals surface area (Å²) in [5.74, 6) is 0.925. The third-order valence-electron chi connectivity index (χ3n) is 2.71. The number of hydrogen-bond acceptors (Lipinski definition) is 3. The maximum absolute atomic E-state index is 5.51. The molecule has 3 aromatic rings. The molecule has 0 saturated heterocycles. The van der Waals surface area contributed by atoms with Gasteiger partial charge in [-0.1, -0.05) is 6.07 Å². The second-order valence-electron chi connectivity index (χ2n) is 4.06. The smallest absolute Gasteiger partial charge is 0.164 e. The van der Waals surface area contributed by atoms with Gasteiger partial charge in [-0.2, -0.15) is 5.10 Å². The largest absolute Gasteiger partial charge is 0.454 e. The molecule has 4 nitrogen and oxygen atoms in total. The topological polar surface area (TPSA) is 43.0 Å². The Balaban J connectivity index is 1.73. The van der Waals surface area contributed by atoms with E-state index in [1.165, 1.54) is 0 Å². The van der Waals surface area contributed by atoms with Gasteiger partial charge in [-0.05, 0) is 59.0 Å². The van der Waals surface area contributed by atoms with E-state index in [0.717, 1.165) is 20.9 Å². The van der Waals surface area contributed by atoms with Crippen LogP contribution in [0.25, 0.3) is 5.69 Å². The van der Waals surface area contributed by atoms with Crippen molar-refractivity contribution < 1.29 is 4.42 Å². The molecule has 2 heterocycles. The molecule has 0 aliphatic heterocycles. The maximum atomic E-state index is 5.51. The standard InChI is InChI=1S/C14H12IN3O/c15-14-6-5-13(19-14)10-16-11-3-1-4-12(9-11)18-8-2-7-17-18/h1-9,16H,10H2. The molecular weight excluding hydrogens is 353 g/mol. The van der Waals surface area contributed by atoms with E-state index in [0.29, 0.717) is 6.54 Å². The van der Waals surface area contributed by atoms with Crippen LogP contribution in [0.3, 0.4) is 0 Å². The summed E-state index contributed by atoms with van der Waals surface area (Å²) in [7, 11) is 0. The quantitative estimate of drug-likeness (QED) is 0.718. The molecule has 3 rings (SSSR count). The Morgan fingerprint density at radius 2 is 2.16 bits per heavy atom. The third-order valence-corrected chi connectivity index (χ3v) is 3.29. The molecule has 0 fully saturated rings. The number of nitrogens with zero attached hydrogens (tertiary/aromatic N) is 2. The fourth-order valence-electron chi connectivity index (χ4n) is 1.82. The van der Waals surface area contributed by atoms with Crippen molar-refractivity contribution >= 4 is 28.3 Å². The molecule has 2 aromatic heterocycles. The number of benzene rings is 1. The Morgan fingerprint density at radius 3 is 2.89 bits per heavy atom. The molecule has 0 bridgehead atoms. The molecule has 1 N–H and O–H groups in total. The van der Waals surface area contributed by atoms with Crippen LogP contribution in [0.1, 0.15) is 5.76 Å². The first kappa shape index (κ1) is 12.3. The Bertz CT molecular complexity index is 661. The Morgan fingerprint density at radius 1 is 1.21 bits per heavy atom. The Hall–Kier alpha value is -1.76. The SMILES string of the molecule is Ic1ccc(CNc2cccc(-n3cccn3)c2)o1. The van der Waals surface area contributed by atoms with Crippen LogP contribution in [0.15, 0.2) is 59.3 Å². The van der Waals surface area contributed by atoms with Crippen molar-refractivity contribution in [3.05, 3.63) is 64.4 Å². The highest BCUT2D eigenvalue weighted by atomic mass is 127. The van der Waals surface area contributed by atoms with Crippen LogP contribution < -0.4 is 5.32 Å². The van der Waals surface area contributed by atoms with Crippen LogP contribution in [0.4, 0.5) is 5.69 Å². The van der Waals surface area contributed by atoms with Crippen molar-refractivity contribution in [2.45, 2.75) is 6.54 Å². The predicted octanol–water partition coefficient (Wildman–Crippen LogP) is 3.68. The van der Waals surface area contributed by atoms with Gasteiger partial charge in [0.15, 0.2) is 3.77 Å². The van der Waals surface area contributed by atoms with E-state index < -0.39 is 0 Å². The van der Waals surface area contributed by atoms with Crippen molar-refractivity contribution in [3.63, 3.8) is 0 Å². The lowest BCUT2D eigenvalue weighted by atomic mass is 10.2. The van der Waals surface area contributed by atoms with Crippen LogP contribution in [0.5, 0.6) is 0 Å². The highest BCUT2D eigenvalue weighted by Crippen LogP contribution is 2.16. The van der Waals surface area contributed by atoms with E-state index in [1.54, 1.807) is 6.20 Å². The molecule has 1 aromatic carbocycles. The molecule has 0 unspecified atom stereocenters. The van der Waals surface area contributed by atoms with Gasteiger partial charge in [0, 0.05) is 18.1 Å². The van der Waals surface area contributed by atoms with Crippen LogP contribution in [0.2, 0.25) is 0 Å². The molecule has 0 radical (unpaired) electrons. The average Bonchev–Trinajstić information content (AvgIpc) is 3.08. The van der Waals surface area contributed by atoms with Crippen LogP contribution in [-0.4, -0.2) is 9.78 Å². The lowest BCUT2D eigenvalue weighted by molar-refractivity contribution is 0.493. The van der Waals surface area contributed by atoms with Gasteiger partial charge in [-0.25, -0.2) is 4.68 Å². The van der Waals surface area contributed by atoms with Gasteiger partial charge in [-0.3, -0.25) is 0 Å². The summed E-state index contributed by atoms with van der Waals surface area (Å²) < 4.78 is 8.25. The zero-order valence-corrected chi connectivity index (χ0v) is 12.2. The van der Waals surface area contributed by atoms with E-state index in [-0.39, 0.29) is 0 Å². The summed E-state index contributed by atoms with van der Waals surface area (Å²) in [5, 5.41) is 7.56. The van der Waals surface area contributed by atoms with Gasteiger partial charge in [0.25, 0.3) is 0 Å². The average molecular weight is 365 g/mol. The summed E-state index contributed by atoms with van der Waals surface area (Å²) in [6.45, 7) is 0.672. The van der Waals surface area contributed by atoms with Crippen LogP contribution in [-0.2, 0) is 6.54 Å². The predicted molar refractivity (Wildman–Crippen MR) is 82.3 cm³/mol. The van der Waals surface area contributed by atoms with E-state index in [1.807, 2.05) is 47.3 Å². The van der Waals surface area contributed by atoms with Crippen LogP contribution in [0, 0.1) is 3.77 Å². The van der Waals surface area contributed by atoms with Crippen molar-refractivity contribution in [1.82, 2.24) is 9.78 Å². The lowest BCUT2D eigenvalue weighted by Crippen LogP contribution is -2.00. The van der Waals surface area contributed by atoms with Crippen molar-refractivity contribution in [2.24, 2.45) is 0 Å². The van der Waals surface area contributed by atoms with Crippen molar-refractivity contribution in [2.75, 3.05) is 5.32 Å². The molecule has 96 valence electrons. The number of rotatable bonds is 4. The van der Waals surface area contributed by atoms with E-state index in [2.05, 4.69) is 39.1 Å². The minimum Gasteiger partial charge on any atom is -0.454 e. The number of aromatic nitrogens is 2. The normalized spacial score (nSPS) is 10.6. The van der Waals surface area contributed by atoms with Crippen molar-refractivity contribution in [1.29, 1.82) is 0 Å². The van der Waals surface area contributed by atoms with E-state index in [4.69, 9.17) is 4.42 Å². The van der Waals surface area contributed by atoms with Gasteiger partial charge >= 0.3 is 0 Å². The zero-order valence-electron chi connectivity index (χ0n) is 10.1. The number of anilines is 1. The Labute approximate surface area is 124 Å². The molecular formula is C14H12IN3O. The number of furan rings is 1. The highest BCUT2D eigenvalue weighted by molar-refractivity contribution is 14.1. The van der Waals surface area contributed by atoms with Gasteiger partial charge in [0.2, 0.25) is 0 Å². The second-order valence-corrected chi connectivity index (χ2v) is 5.12. The second kappa shape index (κ2) is 5.48.